The van der Waals surface area contributed by atoms with Gasteiger partial charge < -0.3 is 10.6 Å². The summed E-state index contributed by atoms with van der Waals surface area (Å²) in [7, 11) is -3.63. The van der Waals surface area contributed by atoms with Crippen molar-refractivity contribution in [2.45, 2.75) is 18.2 Å². The van der Waals surface area contributed by atoms with E-state index in [0.29, 0.717) is 16.8 Å². The van der Waals surface area contributed by atoms with E-state index in [4.69, 9.17) is 0 Å². The van der Waals surface area contributed by atoms with Crippen LogP contribution in [0.3, 0.4) is 0 Å². The largest absolute Gasteiger partial charge is 0.325 e. The summed E-state index contributed by atoms with van der Waals surface area (Å²) in [6.07, 6.45) is -0.277. The van der Waals surface area contributed by atoms with E-state index in [9.17, 15) is 22.8 Å². The van der Waals surface area contributed by atoms with Crippen LogP contribution in [0.25, 0.3) is 0 Å². The molecule has 0 bridgehead atoms. The van der Waals surface area contributed by atoms with Gasteiger partial charge in [-0.1, -0.05) is 72.3 Å². The van der Waals surface area contributed by atoms with Crippen molar-refractivity contribution in [1.29, 1.82) is 0 Å². The Kier molecular flexibility index (Phi) is 8.13. The molecule has 0 saturated heterocycles. The van der Waals surface area contributed by atoms with Crippen LogP contribution >= 0.6 is 0 Å². The van der Waals surface area contributed by atoms with Gasteiger partial charge in [0, 0.05) is 17.5 Å². The lowest BCUT2D eigenvalue weighted by molar-refractivity contribution is -0.115. The van der Waals surface area contributed by atoms with Gasteiger partial charge in [-0.05, 0) is 43.3 Å². The number of ketones is 1. The molecule has 0 heterocycles. The SMILES string of the molecule is Cc1ccc(NC(=O)c2ccccc2NC(=O)CCS(=O)(=O)c2ccccc2)c(C(=O)c2ccccc2)c1. The molecule has 2 amide bonds. The van der Waals surface area contributed by atoms with Gasteiger partial charge in [0.05, 0.1) is 27.6 Å². The molecular weight excluding hydrogens is 500 g/mol. The Balaban J connectivity index is 1.50. The van der Waals surface area contributed by atoms with Crippen molar-refractivity contribution in [3.63, 3.8) is 0 Å². The number of aryl methyl sites for hydroxylation is 1. The molecule has 0 atom stereocenters. The number of benzene rings is 4. The first-order chi connectivity index (χ1) is 18.2. The summed E-state index contributed by atoms with van der Waals surface area (Å²) in [6, 6.07) is 28.3. The third-order valence-corrected chi connectivity index (χ3v) is 7.58. The van der Waals surface area contributed by atoms with E-state index in [2.05, 4.69) is 10.6 Å². The minimum Gasteiger partial charge on any atom is -0.325 e. The first-order valence-electron chi connectivity index (χ1n) is 11.9. The fourth-order valence-corrected chi connectivity index (χ4v) is 5.13. The van der Waals surface area contributed by atoms with Gasteiger partial charge in [-0.3, -0.25) is 14.4 Å². The summed E-state index contributed by atoms with van der Waals surface area (Å²) in [5, 5.41) is 5.43. The number of hydrogen-bond acceptors (Lipinski definition) is 5. The van der Waals surface area contributed by atoms with E-state index in [1.165, 1.54) is 12.1 Å². The summed E-state index contributed by atoms with van der Waals surface area (Å²) in [5.74, 6) is -1.67. The molecule has 0 fully saturated rings. The van der Waals surface area contributed by atoms with Gasteiger partial charge in [-0.25, -0.2) is 8.42 Å². The van der Waals surface area contributed by atoms with E-state index < -0.39 is 21.7 Å². The van der Waals surface area contributed by atoms with E-state index in [0.717, 1.165) is 5.56 Å². The Morgan fingerprint density at radius 1 is 0.684 bits per heavy atom. The Labute approximate surface area is 221 Å². The zero-order chi connectivity index (χ0) is 27.1. The monoisotopic (exact) mass is 526 g/mol. The molecule has 0 unspecified atom stereocenters. The molecule has 0 aliphatic carbocycles. The maximum Gasteiger partial charge on any atom is 0.257 e. The molecule has 0 aliphatic rings. The second kappa shape index (κ2) is 11.7. The van der Waals surface area contributed by atoms with Gasteiger partial charge in [-0.2, -0.15) is 0 Å². The van der Waals surface area contributed by atoms with Crippen molar-refractivity contribution >= 4 is 38.8 Å². The quantitative estimate of drug-likeness (QED) is 0.288. The van der Waals surface area contributed by atoms with Crippen LogP contribution in [-0.2, 0) is 14.6 Å². The summed E-state index contributed by atoms with van der Waals surface area (Å²) in [4.78, 5) is 39.1. The van der Waals surface area contributed by atoms with Gasteiger partial charge in [0.25, 0.3) is 5.91 Å². The number of nitrogens with one attached hydrogen (secondary N) is 2. The molecule has 4 aromatic carbocycles. The predicted molar refractivity (Wildman–Crippen MR) is 147 cm³/mol. The highest BCUT2D eigenvalue weighted by molar-refractivity contribution is 7.91. The van der Waals surface area contributed by atoms with Crippen molar-refractivity contribution in [3.05, 3.63) is 125 Å². The van der Waals surface area contributed by atoms with E-state index in [1.54, 1.807) is 84.9 Å². The van der Waals surface area contributed by atoms with Gasteiger partial charge >= 0.3 is 0 Å². The highest BCUT2D eigenvalue weighted by atomic mass is 32.2. The molecule has 8 heteroatoms. The van der Waals surface area contributed by atoms with Gasteiger partial charge in [0.1, 0.15) is 0 Å². The van der Waals surface area contributed by atoms with Crippen LogP contribution in [0.4, 0.5) is 11.4 Å². The zero-order valence-corrected chi connectivity index (χ0v) is 21.5. The summed E-state index contributed by atoms with van der Waals surface area (Å²) < 4.78 is 25.0. The number of carbonyl (C=O) groups excluding carboxylic acids is 3. The Hall–Kier alpha value is -4.56. The van der Waals surface area contributed by atoms with Gasteiger partial charge in [0.2, 0.25) is 5.91 Å². The maximum atomic E-state index is 13.2. The van der Waals surface area contributed by atoms with E-state index >= 15 is 0 Å². The fourth-order valence-electron chi connectivity index (χ4n) is 3.87. The lowest BCUT2D eigenvalue weighted by Crippen LogP contribution is -2.21. The van der Waals surface area contributed by atoms with E-state index in [-0.39, 0.29) is 34.1 Å². The molecule has 0 saturated carbocycles. The second-order valence-electron chi connectivity index (χ2n) is 8.67. The molecule has 0 aromatic heterocycles. The van der Waals surface area contributed by atoms with Crippen LogP contribution < -0.4 is 10.6 Å². The van der Waals surface area contributed by atoms with Crippen molar-refractivity contribution in [2.24, 2.45) is 0 Å². The smallest absolute Gasteiger partial charge is 0.257 e. The summed E-state index contributed by atoms with van der Waals surface area (Å²) >= 11 is 0. The highest BCUT2D eigenvalue weighted by Gasteiger charge is 2.20. The zero-order valence-electron chi connectivity index (χ0n) is 20.7. The first-order valence-corrected chi connectivity index (χ1v) is 13.6. The first kappa shape index (κ1) is 26.5. The van der Waals surface area contributed by atoms with Crippen LogP contribution in [0, 0.1) is 6.92 Å². The average molecular weight is 527 g/mol. The van der Waals surface area contributed by atoms with Crippen LogP contribution in [0.15, 0.2) is 108 Å². The van der Waals surface area contributed by atoms with Crippen LogP contribution in [0.5, 0.6) is 0 Å². The van der Waals surface area contributed by atoms with Crippen molar-refractivity contribution in [3.8, 4) is 0 Å². The molecule has 0 radical (unpaired) electrons. The minimum atomic E-state index is -3.63. The molecule has 38 heavy (non-hydrogen) atoms. The number of amides is 2. The Morgan fingerprint density at radius 3 is 2.00 bits per heavy atom. The third-order valence-electron chi connectivity index (χ3n) is 5.85. The molecule has 0 spiro atoms. The number of rotatable bonds is 9. The molecule has 2 N–H and O–H groups in total. The molecule has 4 aromatic rings. The molecule has 4 rings (SSSR count). The molecular formula is C30H26N2O5S. The Bertz CT molecular complexity index is 1580. The molecule has 0 aliphatic heterocycles. The summed E-state index contributed by atoms with van der Waals surface area (Å²) in [5.41, 5.74) is 2.44. The number of para-hydroxylation sites is 1. The number of hydrogen-bond donors (Lipinski definition) is 2. The number of anilines is 2. The lowest BCUT2D eigenvalue weighted by atomic mass is 9.99. The second-order valence-corrected chi connectivity index (χ2v) is 10.8. The minimum absolute atomic E-state index is 0.145. The van der Waals surface area contributed by atoms with Gasteiger partial charge in [-0.15, -0.1) is 0 Å². The lowest BCUT2D eigenvalue weighted by Gasteiger charge is -2.14. The standard InChI is InChI=1S/C30H26N2O5S/c1-21-16-17-27(25(20-21)29(34)22-10-4-2-5-11-22)32-30(35)24-14-8-9-15-26(24)31-28(33)18-19-38(36,37)23-12-6-3-7-13-23/h2-17,20H,18-19H2,1H3,(H,31,33)(H,32,35). The third kappa shape index (κ3) is 6.41. The van der Waals surface area contributed by atoms with Crippen molar-refractivity contribution < 1.29 is 22.8 Å². The van der Waals surface area contributed by atoms with E-state index in [1.807, 2.05) is 13.0 Å². The fraction of sp³-hybridized carbons (Fsp3) is 0.100. The average Bonchev–Trinajstić information content (AvgIpc) is 2.94. The number of sulfone groups is 1. The van der Waals surface area contributed by atoms with Crippen LogP contribution in [-0.4, -0.2) is 31.8 Å². The predicted octanol–water partition coefficient (Wildman–Crippen LogP) is 5.28. The van der Waals surface area contributed by atoms with Crippen LogP contribution in [0.2, 0.25) is 0 Å². The van der Waals surface area contributed by atoms with Crippen molar-refractivity contribution in [2.75, 3.05) is 16.4 Å². The Morgan fingerprint density at radius 2 is 1.29 bits per heavy atom. The topological polar surface area (TPSA) is 109 Å². The van der Waals surface area contributed by atoms with Crippen molar-refractivity contribution in [1.82, 2.24) is 0 Å². The summed E-state index contributed by atoms with van der Waals surface area (Å²) in [6.45, 7) is 1.86. The highest BCUT2D eigenvalue weighted by Crippen LogP contribution is 2.24. The number of carbonyl (C=O) groups is 3. The van der Waals surface area contributed by atoms with Gasteiger partial charge in [0.15, 0.2) is 15.6 Å². The van der Waals surface area contributed by atoms with Crippen LogP contribution in [0.1, 0.15) is 38.3 Å². The normalized spacial score (nSPS) is 11.0. The molecule has 7 nitrogen and oxygen atoms in total. The maximum absolute atomic E-state index is 13.2. The molecule has 192 valence electrons.